The minimum atomic E-state index is -0.128. The van der Waals surface area contributed by atoms with Crippen molar-refractivity contribution in [2.45, 2.75) is 32.3 Å². The first-order chi connectivity index (χ1) is 8.48. The first-order valence-electron chi connectivity index (χ1n) is 6.02. The average molecular weight is 266 g/mol. The molecule has 2 rings (SSSR count). The summed E-state index contributed by atoms with van der Waals surface area (Å²) in [6, 6.07) is 1.78. The highest BCUT2D eigenvalue weighted by atomic mass is 32.1. The molecule has 1 unspecified atom stereocenters. The SMILES string of the molecule is Cc1cc(C(N)=S)nc(NCC2(C)CCCO2)n1. The van der Waals surface area contributed by atoms with E-state index in [2.05, 4.69) is 22.2 Å². The number of aryl methyl sites for hydroxylation is 1. The number of aromatic nitrogens is 2. The number of nitrogens with one attached hydrogen (secondary N) is 1. The van der Waals surface area contributed by atoms with Gasteiger partial charge in [0.05, 0.1) is 5.60 Å². The summed E-state index contributed by atoms with van der Waals surface area (Å²) in [4.78, 5) is 8.88. The minimum absolute atomic E-state index is 0.128. The minimum Gasteiger partial charge on any atom is -0.388 e. The summed E-state index contributed by atoms with van der Waals surface area (Å²) in [7, 11) is 0. The molecule has 5 nitrogen and oxygen atoms in total. The molecule has 0 aromatic carbocycles. The fourth-order valence-electron chi connectivity index (χ4n) is 2.02. The summed E-state index contributed by atoms with van der Waals surface area (Å²) in [6.07, 6.45) is 2.15. The maximum atomic E-state index is 5.70. The molecule has 1 saturated heterocycles. The van der Waals surface area contributed by atoms with Gasteiger partial charge >= 0.3 is 0 Å². The van der Waals surface area contributed by atoms with Gasteiger partial charge in [-0.15, -0.1) is 0 Å². The number of hydrogen-bond donors (Lipinski definition) is 2. The van der Waals surface area contributed by atoms with Crippen molar-refractivity contribution >= 4 is 23.2 Å². The highest BCUT2D eigenvalue weighted by molar-refractivity contribution is 7.80. The summed E-state index contributed by atoms with van der Waals surface area (Å²) >= 11 is 4.93. The summed E-state index contributed by atoms with van der Waals surface area (Å²) in [5.41, 5.74) is 6.89. The largest absolute Gasteiger partial charge is 0.388 e. The Kier molecular flexibility index (Phi) is 3.77. The molecule has 3 N–H and O–H groups in total. The second kappa shape index (κ2) is 5.16. The van der Waals surface area contributed by atoms with Gasteiger partial charge in [-0.3, -0.25) is 0 Å². The van der Waals surface area contributed by atoms with Crippen molar-refractivity contribution in [1.29, 1.82) is 0 Å². The highest BCUT2D eigenvalue weighted by Gasteiger charge is 2.29. The molecule has 1 aromatic heterocycles. The van der Waals surface area contributed by atoms with E-state index in [9.17, 15) is 0 Å². The van der Waals surface area contributed by atoms with Crippen LogP contribution in [0.25, 0.3) is 0 Å². The lowest BCUT2D eigenvalue weighted by Crippen LogP contribution is -2.33. The Morgan fingerprint density at radius 3 is 3.00 bits per heavy atom. The predicted octanol–water partition coefficient (Wildman–Crippen LogP) is 1.40. The quantitative estimate of drug-likeness (QED) is 0.803. The van der Waals surface area contributed by atoms with Crippen LogP contribution in [0.1, 0.15) is 31.2 Å². The van der Waals surface area contributed by atoms with Crippen molar-refractivity contribution < 1.29 is 4.74 Å². The summed E-state index contributed by atoms with van der Waals surface area (Å²) in [5, 5.41) is 3.20. The van der Waals surface area contributed by atoms with Gasteiger partial charge in [-0.25, -0.2) is 9.97 Å². The van der Waals surface area contributed by atoms with E-state index in [0.29, 0.717) is 18.2 Å². The Bertz CT molecular complexity index is 457. The molecule has 98 valence electrons. The van der Waals surface area contributed by atoms with Crippen LogP contribution in [0.2, 0.25) is 0 Å². The topological polar surface area (TPSA) is 73.1 Å². The number of rotatable bonds is 4. The van der Waals surface area contributed by atoms with Gasteiger partial charge in [-0.1, -0.05) is 12.2 Å². The van der Waals surface area contributed by atoms with Crippen molar-refractivity contribution in [3.05, 3.63) is 17.5 Å². The van der Waals surface area contributed by atoms with Crippen molar-refractivity contribution in [3.63, 3.8) is 0 Å². The van der Waals surface area contributed by atoms with E-state index in [4.69, 9.17) is 22.7 Å². The maximum Gasteiger partial charge on any atom is 0.223 e. The Morgan fingerprint density at radius 2 is 2.39 bits per heavy atom. The van der Waals surface area contributed by atoms with Crippen LogP contribution in [0, 0.1) is 6.92 Å². The first kappa shape index (κ1) is 13.2. The zero-order valence-corrected chi connectivity index (χ0v) is 11.5. The molecule has 1 fully saturated rings. The van der Waals surface area contributed by atoms with Gasteiger partial charge in [0.1, 0.15) is 10.7 Å². The summed E-state index contributed by atoms with van der Waals surface area (Å²) < 4.78 is 5.70. The lowest BCUT2D eigenvalue weighted by molar-refractivity contribution is 0.0314. The molecule has 2 heterocycles. The molecule has 0 aliphatic carbocycles. The van der Waals surface area contributed by atoms with Crippen LogP contribution in [-0.2, 0) is 4.74 Å². The molecule has 1 aromatic rings. The van der Waals surface area contributed by atoms with Crippen LogP contribution in [0.3, 0.4) is 0 Å². The molecule has 1 aliphatic heterocycles. The van der Waals surface area contributed by atoms with Crippen LogP contribution < -0.4 is 11.1 Å². The van der Waals surface area contributed by atoms with E-state index < -0.39 is 0 Å². The molecule has 0 radical (unpaired) electrons. The smallest absolute Gasteiger partial charge is 0.223 e. The third-order valence-corrected chi connectivity index (χ3v) is 3.24. The number of nitrogens with two attached hydrogens (primary N) is 1. The van der Waals surface area contributed by atoms with Crippen molar-refractivity contribution in [2.24, 2.45) is 5.73 Å². The van der Waals surface area contributed by atoms with E-state index in [1.54, 1.807) is 6.07 Å². The zero-order valence-electron chi connectivity index (χ0n) is 10.7. The fraction of sp³-hybridized carbons (Fsp3) is 0.583. The van der Waals surface area contributed by atoms with Gasteiger partial charge in [0.15, 0.2) is 0 Å². The maximum absolute atomic E-state index is 5.70. The van der Waals surface area contributed by atoms with Gasteiger partial charge in [0.2, 0.25) is 5.95 Å². The molecule has 18 heavy (non-hydrogen) atoms. The van der Waals surface area contributed by atoms with E-state index in [1.807, 2.05) is 6.92 Å². The summed E-state index contributed by atoms with van der Waals surface area (Å²) in [5.74, 6) is 0.550. The highest BCUT2D eigenvalue weighted by Crippen LogP contribution is 2.24. The number of hydrogen-bond acceptors (Lipinski definition) is 5. The van der Waals surface area contributed by atoms with Gasteiger partial charge < -0.3 is 15.8 Å². The van der Waals surface area contributed by atoms with Crippen LogP contribution in [0.4, 0.5) is 5.95 Å². The lowest BCUT2D eigenvalue weighted by Gasteiger charge is -2.23. The third-order valence-electron chi connectivity index (χ3n) is 3.03. The predicted molar refractivity (Wildman–Crippen MR) is 74.7 cm³/mol. The van der Waals surface area contributed by atoms with Gasteiger partial charge in [0.25, 0.3) is 0 Å². The Balaban J connectivity index is 2.07. The van der Waals surface area contributed by atoms with Crippen molar-refractivity contribution in [2.75, 3.05) is 18.5 Å². The molecule has 1 aliphatic rings. The van der Waals surface area contributed by atoms with E-state index in [1.165, 1.54) is 0 Å². The number of ether oxygens (including phenoxy) is 1. The molecule has 1 atom stereocenters. The van der Waals surface area contributed by atoms with Crippen LogP contribution >= 0.6 is 12.2 Å². The van der Waals surface area contributed by atoms with Gasteiger partial charge in [0, 0.05) is 18.8 Å². The average Bonchev–Trinajstić information content (AvgIpc) is 2.73. The monoisotopic (exact) mass is 266 g/mol. The standard InChI is InChI=1S/C12H18N4OS/c1-8-6-9(10(13)18)16-11(15-8)14-7-12(2)4-3-5-17-12/h6H,3-5,7H2,1-2H3,(H2,13,18)(H,14,15,16). The van der Waals surface area contributed by atoms with Gasteiger partial charge in [-0.2, -0.15) is 0 Å². The molecular formula is C12H18N4OS. The second-order valence-corrected chi connectivity index (χ2v) is 5.28. The van der Waals surface area contributed by atoms with Gasteiger partial charge in [-0.05, 0) is 32.8 Å². The molecule has 6 heteroatoms. The third kappa shape index (κ3) is 3.14. The number of nitrogens with zero attached hydrogens (tertiary/aromatic N) is 2. The van der Waals surface area contributed by atoms with E-state index in [0.717, 1.165) is 25.1 Å². The molecule has 0 bridgehead atoms. The molecule has 0 saturated carbocycles. The van der Waals surface area contributed by atoms with Crippen LogP contribution in [-0.4, -0.2) is 33.7 Å². The zero-order chi connectivity index (χ0) is 13.2. The molecule has 0 spiro atoms. The van der Waals surface area contributed by atoms with Crippen LogP contribution in [0.5, 0.6) is 0 Å². The molecule has 0 amide bonds. The number of thiocarbonyl (C=S) groups is 1. The first-order valence-corrected chi connectivity index (χ1v) is 6.43. The Morgan fingerprint density at radius 1 is 1.61 bits per heavy atom. The fourth-order valence-corrected chi connectivity index (χ4v) is 2.12. The normalized spacial score (nSPS) is 23.0. The summed E-state index contributed by atoms with van der Waals surface area (Å²) in [6.45, 7) is 5.50. The van der Waals surface area contributed by atoms with Crippen LogP contribution in [0.15, 0.2) is 6.07 Å². The van der Waals surface area contributed by atoms with Crippen molar-refractivity contribution in [3.8, 4) is 0 Å². The Labute approximate surface area is 112 Å². The second-order valence-electron chi connectivity index (χ2n) is 4.84. The Hall–Kier alpha value is -1.27. The van der Waals surface area contributed by atoms with E-state index in [-0.39, 0.29) is 10.6 Å². The lowest BCUT2D eigenvalue weighted by atomic mass is 10.0. The molecular weight excluding hydrogens is 248 g/mol. The van der Waals surface area contributed by atoms with Crippen molar-refractivity contribution in [1.82, 2.24) is 9.97 Å². The van der Waals surface area contributed by atoms with E-state index >= 15 is 0 Å². The number of anilines is 1.